The van der Waals surface area contributed by atoms with E-state index in [-0.39, 0.29) is 6.17 Å². The second kappa shape index (κ2) is 4.23. The van der Waals surface area contributed by atoms with Gasteiger partial charge >= 0.3 is 0 Å². The number of nitrogens with zero attached hydrogens (tertiary/aromatic N) is 3. The molecule has 3 rings (SSSR count). The molecule has 0 aliphatic carbocycles. The van der Waals surface area contributed by atoms with Gasteiger partial charge in [0.1, 0.15) is 6.17 Å². The smallest absolute Gasteiger partial charge is 0.111 e. The molecule has 2 aromatic rings. The molecule has 1 aromatic heterocycles. The monoisotopic (exact) mass is 238 g/mol. The van der Waals surface area contributed by atoms with Crippen LogP contribution in [-0.4, -0.2) is 11.3 Å². The molecule has 1 atom stereocenters. The quantitative estimate of drug-likeness (QED) is 0.830. The molecule has 4 nitrogen and oxygen atoms in total. The molecule has 0 saturated carbocycles. The lowest BCUT2D eigenvalue weighted by molar-refractivity contribution is 0.748. The van der Waals surface area contributed by atoms with E-state index in [1.807, 2.05) is 29.2 Å². The Labute approximate surface area is 106 Å². The van der Waals surface area contributed by atoms with Crippen molar-refractivity contribution in [2.45, 2.75) is 13.1 Å². The van der Waals surface area contributed by atoms with Crippen molar-refractivity contribution >= 4 is 17.7 Å². The van der Waals surface area contributed by atoms with Crippen molar-refractivity contribution in [1.82, 2.24) is 4.98 Å². The fourth-order valence-electron chi connectivity index (χ4n) is 2.10. The van der Waals surface area contributed by atoms with Gasteiger partial charge in [-0.25, -0.2) is 4.99 Å². The van der Waals surface area contributed by atoms with Gasteiger partial charge in [-0.1, -0.05) is 12.1 Å². The lowest BCUT2D eigenvalue weighted by atomic mass is 10.1. The number of aliphatic imine (C=N–C) groups is 1. The summed E-state index contributed by atoms with van der Waals surface area (Å²) in [7, 11) is 0. The minimum absolute atomic E-state index is 0.220. The molecule has 4 heteroatoms. The number of anilines is 1. The summed E-state index contributed by atoms with van der Waals surface area (Å²) in [5.41, 5.74) is 10.4. The highest BCUT2D eigenvalue weighted by molar-refractivity contribution is 5.85. The van der Waals surface area contributed by atoms with Gasteiger partial charge in [0.2, 0.25) is 0 Å². The zero-order chi connectivity index (χ0) is 12.5. The van der Waals surface area contributed by atoms with Crippen molar-refractivity contribution in [1.29, 1.82) is 0 Å². The van der Waals surface area contributed by atoms with E-state index < -0.39 is 0 Å². The van der Waals surface area contributed by atoms with Gasteiger partial charge in [-0.3, -0.25) is 4.98 Å². The van der Waals surface area contributed by atoms with Crippen molar-refractivity contribution in [3.63, 3.8) is 0 Å². The average molecular weight is 238 g/mol. The lowest BCUT2D eigenvalue weighted by Crippen LogP contribution is -2.35. The van der Waals surface area contributed by atoms with Crippen LogP contribution in [0.25, 0.3) is 0 Å². The number of fused-ring (bicyclic) bond motifs is 1. The van der Waals surface area contributed by atoms with E-state index in [2.05, 4.69) is 23.0 Å². The van der Waals surface area contributed by atoms with Crippen LogP contribution in [0.5, 0.6) is 0 Å². The maximum absolute atomic E-state index is 6.28. The standard InChI is InChI=1S/C14H14N4/c1-10-4-5-12-13(7-10)17-9-18(14(12)15)11-3-2-6-16-8-11/h2-9,14H,15H2,1H3. The Kier molecular flexibility index (Phi) is 2.57. The van der Waals surface area contributed by atoms with Crippen molar-refractivity contribution in [2.75, 3.05) is 4.90 Å². The number of aryl methyl sites for hydroxylation is 1. The van der Waals surface area contributed by atoms with Crippen LogP contribution in [0.1, 0.15) is 17.3 Å². The first-order chi connectivity index (χ1) is 8.75. The van der Waals surface area contributed by atoms with Gasteiger partial charge in [0.15, 0.2) is 0 Å². The SMILES string of the molecule is Cc1ccc2c(c1)N=CN(c1cccnc1)C2N. The van der Waals surface area contributed by atoms with E-state index in [0.717, 1.165) is 16.9 Å². The molecule has 1 aromatic carbocycles. The highest BCUT2D eigenvalue weighted by atomic mass is 15.3. The predicted molar refractivity (Wildman–Crippen MR) is 73.0 cm³/mol. The third-order valence-electron chi connectivity index (χ3n) is 3.07. The molecule has 1 aliphatic heterocycles. The first kappa shape index (κ1) is 10.9. The number of nitrogens with two attached hydrogens (primary N) is 1. The average Bonchev–Trinajstić information content (AvgIpc) is 2.40. The van der Waals surface area contributed by atoms with Crippen LogP contribution in [0, 0.1) is 6.92 Å². The van der Waals surface area contributed by atoms with E-state index in [9.17, 15) is 0 Å². The minimum Gasteiger partial charge on any atom is -0.311 e. The number of rotatable bonds is 1. The molecule has 2 N–H and O–H groups in total. The Morgan fingerprint density at radius 3 is 2.94 bits per heavy atom. The molecule has 90 valence electrons. The first-order valence-electron chi connectivity index (χ1n) is 5.84. The third kappa shape index (κ3) is 1.76. The van der Waals surface area contributed by atoms with Gasteiger partial charge in [0.05, 0.1) is 23.9 Å². The fourth-order valence-corrected chi connectivity index (χ4v) is 2.10. The van der Waals surface area contributed by atoms with E-state index in [1.54, 1.807) is 18.7 Å². The summed E-state index contributed by atoms with van der Waals surface area (Å²) >= 11 is 0. The highest BCUT2D eigenvalue weighted by Crippen LogP contribution is 2.32. The van der Waals surface area contributed by atoms with Gasteiger partial charge in [-0.2, -0.15) is 0 Å². The summed E-state index contributed by atoms with van der Waals surface area (Å²) in [6.07, 6.45) is 5.07. The summed E-state index contributed by atoms with van der Waals surface area (Å²) in [5.74, 6) is 0. The summed E-state index contributed by atoms with van der Waals surface area (Å²) < 4.78 is 0. The number of hydrogen-bond donors (Lipinski definition) is 1. The third-order valence-corrected chi connectivity index (χ3v) is 3.07. The molecule has 0 fully saturated rings. The van der Waals surface area contributed by atoms with E-state index >= 15 is 0 Å². The first-order valence-corrected chi connectivity index (χ1v) is 5.84. The normalized spacial score (nSPS) is 17.7. The zero-order valence-corrected chi connectivity index (χ0v) is 10.1. The molecule has 0 saturated heterocycles. The summed E-state index contributed by atoms with van der Waals surface area (Å²) in [4.78, 5) is 10.5. The number of benzene rings is 1. The molecule has 2 heterocycles. The maximum Gasteiger partial charge on any atom is 0.111 e. The largest absolute Gasteiger partial charge is 0.311 e. The van der Waals surface area contributed by atoms with Crippen LogP contribution < -0.4 is 10.6 Å². The molecule has 0 bridgehead atoms. The van der Waals surface area contributed by atoms with Crippen LogP contribution in [0.2, 0.25) is 0 Å². The summed E-state index contributed by atoms with van der Waals surface area (Å²) in [6.45, 7) is 2.05. The summed E-state index contributed by atoms with van der Waals surface area (Å²) in [6, 6.07) is 10.0. The van der Waals surface area contributed by atoms with Crippen molar-refractivity contribution in [3.8, 4) is 0 Å². The predicted octanol–water partition coefficient (Wildman–Crippen LogP) is 2.53. The number of pyridine rings is 1. The second-order valence-corrected chi connectivity index (χ2v) is 4.37. The highest BCUT2D eigenvalue weighted by Gasteiger charge is 2.22. The van der Waals surface area contributed by atoms with Crippen molar-refractivity contribution < 1.29 is 0 Å². The molecule has 0 spiro atoms. The molecular formula is C14H14N4. The molecular weight excluding hydrogens is 224 g/mol. The minimum atomic E-state index is -0.220. The van der Waals surface area contributed by atoms with E-state index in [4.69, 9.17) is 5.73 Å². The number of aromatic nitrogens is 1. The fraction of sp³-hybridized carbons (Fsp3) is 0.143. The zero-order valence-electron chi connectivity index (χ0n) is 10.1. The Bertz CT molecular complexity index is 592. The Morgan fingerprint density at radius 2 is 2.17 bits per heavy atom. The van der Waals surface area contributed by atoms with Gasteiger partial charge in [-0.05, 0) is 30.7 Å². The molecule has 0 radical (unpaired) electrons. The number of hydrogen-bond acceptors (Lipinski definition) is 4. The van der Waals surface area contributed by atoms with E-state index in [1.165, 1.54) is 5.56 Å². The van der Waals surface area contributed by atoms with Crippen LogP contribution >= 0.6 is 0 Å². The van der Waals surface area contributed by atoms with Gasteiger partial charge in [-0.15, -0.1) is 0 Å². The molecule has 18 heavy (non-hydrogen) atoms. The Hall–Kier alpha value is -2.20. The van der Waals surface area contributed by atoms with Gasteiger partial charge < -0.3 is 10.6 Å². The topological polar surface area (TPSA) is 54.5 Å². The summed E-state index contributed by atoms with van der Waals surface area (Å²) in [5, 5.41) is 0. The van der Waals surface area contributed by atoms with Crippen LogP contribution in [-0.2, 0) is 0 Å². The molecule has 0 amide bonds. The van der Waals surface area contributed by atoms with Gasteiger partial charge in [0, 0.05) is 11.8 Å². The van der Waals surface area contributed by atoms with Crippen LogP contribution in [0.15, 0.2) is 47.7 Å². The van der Waals surface area contributed by atoms with Crippen molar-refractivity contribution in [2.24, 2.45) is 10.7 Å². The van der Waals surface area contributed by atoms with Gasteiger partial charge in [0.25, 0.3) is 0 Å². The molecule has 1 aliphatic rings. The van der Waals surface area contributed by atoms with Crippen LogP contribution in [0.3, 0.4) is 0 Å². The van der Waals surface area contributed by atoms with Crippen molar-refractivity contribution in [3.05, 3.63) is 53.9 Å². The molecule has 1 unspecified atom stereocenters. The maximum atomic E-state index is 6.28. The Balaban J connectivity index is 2.03. The Morgan fingerprint density at radius 1 is 1.28 bits per heavy atom. The van der Waals surface area contributed by atoms with E-state index in [0.29, 0.717) is 0 Å². The second-order valence-electron chi connectivity index (χ2n) is 4.37. The lowest BCUT2D eigenvalue weighted by Gasteiger charge is -2.30. The van der Waals surface area contributed by atoms with Crippen LogP contribution in [0.4, 0.5) is 11.4 Å².